The molecular weight excluding hydrogens is 262 g/mol. The van der Waals surface area contributed by atoms with Crippen LogP contribution < -0.4 is 5.73 Å². The van der Waals surface area contributed by atoms with Crippen molar-refractivity contribution in [2.45, 2.75) is 6.92 Å². The molecule has 0 unspecified atom stereocenters. The molecule has 0 aliphatic rings. The number of nitrogens with two attached hydrogens (primary N) is 1. The number of aromatic amines is 1. The lowest BCUT2D eigenvalue weighted by atomic mass is 10.1. The first-order chi connectivity index (χ1) is 9.08. The van der Waals surface area contributed by atoms with Crippen LogP contribution in [0.15, 0.2) is 24.3 Å². The Morgan fingerprint density at radius 2 is 2.16 bits per heavy atom. The summed E-state index contributed by atoms with van der Waals surface area (Å²) in [5.74, 6) is -1.01. The Kier molecular flexibility index (Phi) is 2.53. The summed E-state index contributed by atoms with van der Waals surface area (Å²) in [4.78, 5) is 18.9. The molecule has 0 radical (unpaired) electrons. The summed E-state index contributed by atoms with van der Waals surface area (Å²) in [6.45, 7) is 1.90. The third-order valence-electron chi connectivity index (χ3n) is 2.97. The van der Waals surface area contributed by atoms with Gasteiger partial charge in [-0.25, -0.2) is 9.78 Å². The van der Waals surface area contributed by atoms with E-state index in [1.54, 1.807) is 0 Å². The van der Waals surface area contributed by atoms with Gasteiger partial charge >= 0.3 is 5.97 Å². The highest BCUT2D eigenvalue weighted by Gasteiger charge is 2.22. The van der Waals surface area contributed by atoms with Gasteiger partial charge in [-0.1, -0.05) is 29.5 Å². The molecule has 0 saturated heterocycles. The summed E-state index contributed by atoms with van der Waals surface area (Å²) in [6, 6.07) is 7.72. The van der Waals surface area contributed by atoms with Crippen molar-refractivity contribution in [2.24, 2.45) is 0 Å². The number of hydrogen-bond donors (Lipinski definition) is 3. The van der Waals surface area contributed by atoms with Crippen molar-refractivity contribution in [1.82, 2.24) is 9.97 Å². The number of anilines is 1. The van der Waals surface area contributed by atoms with Crippen LogP contribution in [0.3, 0.4) is 0 Å². The number of aromatic nitrogens is 2. The van der Waals surface area contributed by atoms with Crippen LogP contribution in [-0.2, 0) is 0 Å². The monoisotopic (exact) mass is 273 g/mol. The SMILES string of the molecule is Cc1[nH]c2ccccc2c1-c1nc(N)sc1C(=O)O. The molecule has 5 nitrogen and oxygen atoms in total. The summed E-state index contributed by atoms with van der Waals surface area (Å²) in [5, 5.41) is 10.5. The van der Waals surface area contributed by atoms with E-state index < -0.39 is 5.97 Å². The molecule has 4 N–H and O–H groups in total. The molecule has 1 aromatic carbocycles. The molecule has 0 bridgehead atoms. The lowest BCUT2D eigenvalue weighted by Gasteiger charge is -1.99. The number of nitrogens with zero attached hydrogens (tertiary/aromatic N) is 1. The zero-order valence-electron chi connectivity index (χ0n) is 10.1. The Balaban J connectivity index is 2.36. The van der Waals surface area contributed by atoms with Gasteiger partial charge in [0, 0.05) is 22.2 Å². The van der Waals surface area contributed by atoms with Gasteiger partial charge in [-0.15, -0.1) is 0 Å². The van der Waals surface area contributed by atoms with E-state index in [1.165, 1.54) is 0 Å². The van der Waals surface area contributed by atoms with Crippen molar-refractivity contribution >= 4 is 33.3 Å². The quantitative estimate of drug-likeness (QED) is 0.669. The molecule has 0 spiro atoms. The Morgan fingerprint density at radius 1 is 1.42 bits per heavy atom. The standard InChI is InChI=1S/C13H11N3O2S/c1-6-9(7-4-2-3-5-8(7)15-6)10-11(12(17)18)19-13(14)16-10/h2-5,15H,1H3,(H2,14,16)(H,17,18). The zero-order valence-corrected chi connectivity index (χ0v) is 10.9. The Morgan fingerprint density at radius 3 is 2.89 bits per heavy atom. The average molecular weight is 273 g/mol. The molecule has 0 saturated carbocycles. The van der Waals surface area contributed by atoms with Gasteiger partial charge in [-0.2, -0.15) is 0 Å². The largest absolute Gasteiger partial charge is 0.477 e. The van der Waals surface area contributed by atoms with Gasteiger partial charge in [0.25, 0.3) is 0 Å². The number of fused-ring (bicyclic) bond motifs is 1. The topological polar surface area (TPSA) is 92.0 Å². The lowest BCUT2D eigenvalue weighted by molar-refractivity contribution is 0.0703. The minimum atomic E-state index is -1.01. The van der Waals surface area contributed by atoms with E-state index in [0.717, 1.165) is 33.5 Å². The smallest absolute Gasteiger partial charge is 0.348 e. The second kappa shape index (κ2) is 4.10. The van der Waals surface area contributed by atoms with E-state index in [4.69, 9.17) is 5.73 Å². The number of rotatable bonds is 2. The second-order valence-corrected chi connectivity index (χ2v) is 5.24. The van der Waals surface area contributed by atoms with Crippen molar-refractivity contribution in [3.05, 3.63) is 34.8 Å². The Hall–Kier alpha value is -2.34. The van der Waals surface area contributed by atoms with Crippen LogP contribution in [0.5, 0.6) is 0 Å². The Bertz CT molecular complexity index is 788. The number of aromatic carboxylic acids is 1. The van der Waals surface area contributed by atoms with Crippen LogP contribution in [0.2, 0.25) is 0 Å². The van der Waals surface area contributed by atoms with Crippen LogP contribution in [0.25, 0.3) is 22.2 Å². The van der Waals surface area contributed by atoms with Crippen molar-refractivity contribution in [3.63, 3.8) is 0 Å². The van der Waals surface area contributed by atoms with Gasteiger partial charge in [-0.3, -0.25) is 0 Å². The Labute approximate surface area is 112 Å². The molecular formula is C13H11N3O2S. The summed E-state index contributed by atoms with van der Waals surface area (Å²) in [6.07, 6.45) is 0. The molecule has 0 aliphatic carbocycles. The molecule has 0 atom stereocenters. The molecule has 3 rings (SSSR count). The first-order valence-electron chi connectivity index (χ1n) is 5.65. The van der Waals surface area contributed by atoms with Gasteiger partial charge in [-0.05, 0) is 13.0 Å². The number of nitrogen functional groups attached to an aromatic ring is 1. The van der Waals surface area contributed by atoms with E-state index in [0.29, 0.717) is 5.69 Å². The van der Waals surface area contributed by atoms with Crippen LogP contribution >= 0.6 is 11.3 Å². The predicted octanol–water partition coefficient (Wildman–Crippen LogP) is 2.88. The van der Waals surface area contributed by atoms with Gasteiger partial charge in [0.05, 0.1) is 0 Å². The van der Waals surface area contributed by atoms with Gasteiger partial charge in [0.15, 0.2) is 5.13 Å². The number of carbonyl (C=O) groups is 1. The van der Waals surface area contributed by atoms with E-state index in [-0.39, 0.29) is 10.0 Å². The van der Waals surface area contributed by atoms with Gasteiger partial charge in [0.1, 0.15) is 10.6 Å². The van der Waals surface area contributed by atoms with Crippen LogP contribution in [0.1, 0.15) is 15.4 Å². The van der Waals surface area contributed by atoms with Crippen molar-refractivity contribution < 1.29 is 9.90 Å². The molecule has 0 amide bonds. The number of hydrogen-bond acceptors (Lipinski definition) is 4. The molecule has 19 heavy (non-hydrogen) atoms. The molecule has 0 aliphatic heterocycles. The molecule has 3 aromatic rings. The fourth-order valence-electron chi connectivity index (χ4n) is 2.23. The summed E-state index contributed by atoms with van der Waals surface area (Å²) >= 11 is 0.991. The normalized spacial score (nSPS) is 11.0. The number of carboxylic acids is 1. The first-order valence-corrected chi connectivity index (χ1v) is 6.47. The summed E-state index contributed by atoms with van der Waals surface area (Å²) in [5.41, 5.74) is 8.73. The minimum absolute atomic E-state index is 0.172. The molecule has 96 valence electrons. The zero-order chi connectivity index (χ0) is 13.6. The number of para-hydroxylation sites is 1. The minimum Gasteiger partial charge on any atom is -0.477 e. The van der Waals surface area contributed by atoms with E-state index in [9.17, 15) is 9.90 Å². The fraction of sp³-hybridized carbons (Fsp3) is 0.0769. The van der Waals surface area contributed by atoms with Gasteiger partial charge in [0.2, 0.25) is 0 Å². The number of nitrogens with one attached hydrogen (secondary N) is 1. The molecule has 2 aromatic heterocycles. The van der Waals surface area contributed by atoms with Crippen LogP contribution in [0, 0.1) is 6.92 Å². The van der Waals surface area contributed by atoms with E-state index in [2.05, 4.69) is 9.97 Å². The summed E-state index contributed by atoms with van der Waals surface area (Å²) in [7, 11) is 0. The second-order valence-electron chi connectivity index (χ2n) is 4.21. The first kappa shape index (κ1) is 11.7. The lowest BCUT2D eigenvalue weighted by Crippen LogP contribution is -1.96. The predicted molar refractivity (Wildman–Crippen MR) is 75.5 cm³/mol. The van der Waals surface area contributed by atoms with Crippen LogP contribution in [-0.4, -0.2) is 21.0 Å². The van der Waals surface area contributed by atoms with Crippen LogP contribution in [0.4, 0.5) is 5.13 Å². The summed E-state index contributed by atoms with van der Waals surface area (Å²) < 4.78 is 0. The number of thiazole rings is 1. The molecule has 6 heteroatoms. The highest BCUT2D eigenvalue weighted by atomic mass is 32.1. The van der Waals surface area contributed by atoms with E-state index in [1.807, 2.05) is 31.2 Å². The fourth-order valence-corrected chi connectivity index (χ4v) is 2.91. The van der Waals surface area contributed by atoms with Crippen molar-refractivity contribution in [1.29, 1.82) is 0 Å². The average Bonchev–Trinajstić information content (AvgIpc) is 2.88. The van der Waals surface area contributed by atoms with Crippen molar-refractivity contribution in [2.75, 3.05) is 5.73 Å². The highest BCUT2D eigenvalue weighted by Crippen LogP contribution is 2.36. The maximum Gasteiger partial charge on any atom is 0.348 e. The highest BCUT2D eigenvalue weighted by molar-refractivity contribution is 7.17. The van der Waals surface area contributed by atoms with E-state index >= 15 is 0 Å². The van der Waals surface area contributed by atoms with Gasteiger partial charge < -0.3 is 15.8 Å². The third-order valence-corrected chi connectivity index (χ3v) is 3.84. The maximum atomic E-state index is 11.3. The number of aryl methyl sites for hydroxylation is 1. The molecule has 2 heterocycles. The maximum absolute atomic E-state index is 11.3. The number of carboxylic acid groups (broad SMARTS) is 1. The molecule has 0 fully saturated rings. The third kappa shape index (κ3) is 1.77. The number of H-pyrrole nitrogens is 1. The van der Waals surface area contributed by atoms with Crippen molar-refractivity contribution in [3.8, 4) is 11.3 Å². The number of benzene rings is 1.